The minimum atomic E-state index is -0.613. The monoisotopic (exact) mass is 330 g/mol. The van der Waals surface area contributed by atoms with Crippen molar-refractivity contribution in [2.45, 2.75) is 32.4 Å². The third-order valence-electron chi connectivity index (χ3n) is 3.72. The van der Waals surface area contributed by atoms with Crippen LogP contribution in [0.25, 0.3) is 0 Å². The second-order valence-corrected chi connectivity index (χ2v) is 6.26. The van der Waals surface area contributed by atoms with Crippen molar-refractivity contribution in [3.8, 4) is 5.75 Å². The Labute approximate surface area is 135 Å². The molecule has 116 valence electrons. The van der Waals surface area contributed by atoms with Crippen LogP contribution in [-0.4, -0.2) is 31.1 Å². The lowest BCUT2D eigenvalue weighted by molar-refractivity contribution is -0.128. The highest BCUT2D eigenvalue weighted by Gasteiger charge is 2.25. The smallest absolute Gasteiger partial charge is 0.261 e. The molecule has 2 N–H and O–H groups in total. The second-order valence-electron chi connectivity index (χ2n) is 5.42. The van der Waals surface area contributed by atoms with E-state index in [0.717, 1.165) is 19.5 Å². The Kier molecular flexibility index (Phi) is 5.73. The summed E-state index contributed by atoms with van der Waals surface area (Å²) in [6.45, 7) is 5.65. The Hall–Kier alpha value is -0.970. The summed E-state index contributed by atoms with van der Waals surface area (Å²) >= 11 is 11.9. The van der Waals surface area contributed by atoms with Gasteiger partial charge in [0.1, 0.15) is 5.75 Å². The first-order valence-electron chi connectivity index (χ1n) is 7.10. The number of benzene rings is 1. The van der Waals surface area contributed by atoms with Crippen LogP contribution in [0.4, 0.5) is 0 Å². The molecule has 0 saturated carbocycles. The number of carbonyl (C=O) groups is 1. The average Bonchev–Trinajstić information content (AvgIpc) is 2.44. The minimum Gasteiger partial charge on any atom is -0.479 e. The van der Waals surface area contributed by atoms with Gasteiger partial charge < -0.3 is 15.4 Å². The third-order valence-corrected chi connectivity index (χ3v) is 4.25. The molecule has 1 aliphatic rings. The first kappa shape index (κ1) is 16.4. The molecule has 3 unspecified atom stereocenters. The molecule has 1 fully saturated rings. The van der Waals surface area contributed by atoms with Crippen molar-refractivity contribution >= 4 is 29.1 Å². The zero-order chi connectivity index (χ0) is 15.4. The lowest BCUT2D eigenvalue weighted by Gasteiger charge is -2.31. The van der Waals surface area contributed by atoms with Crippen LogP contribution in [0.15, 0.2) is 18.2 Å². The number of rotatable bonds is 4. The van der Waals surface area contributed by atoms with Gasteiger partial charge in [0, 0.05) is 17.6 Å². The Morgan fingerprint density at radius 1 is 1.48 bits per heavy atom. The Morgan fingerprint density at radius 2 is 2.24 bits per heavy atom. The highest BCUT2D eigenvalue weighted by Crippen LogP contribution is 2.28. The molecule has 1 heterocycles. The van der Waals surface area contributed by atoms with Gasteiger partial charge in [0.25, 0.3) is 5.91 Å². The number of ether oxygens (including phenoxy) is 1. The molecule has 0 bridgehead atoms. The molecule has 0 aliphatic carbocycles. The van der Waals surface area contributed by atoms with Crippen molar-refractivity contribution in [1.29, 1.82) is 0 Å². The zero-order valence-corrected chi connectivity index (χ0v) is 13.7. The lowest BCUT2D eigenvalue weighted by atomic mass is 9.95. The third kappa shape index (κ3) is 4.50. The summed E-state index contributed by atoms with van der Waals surface area (Å²) in [5.41, 5.74) is 0. The number of nitrogens with one attached hydrogen (secondary N) is 2. The van der Waals surface area contributed by atoms with Gasteiger partial charge in [0.15, 0.2) is 6.10 Å². The maximum Gasteiger partial charge on any atom is 0.261 e. The van der Waals surface area contributed by atoms with Crippen molar-refractivity contribution in [2.24, 2.45) is 5.92 Å². The fraction of sp³-hybridized carbons (Fsp3) is 0.533. The Morgan fingerprint density at radius 3 is 2.90 bits per heavy atom. The van der Waals surface area contributed by atoms with Gasteiger partial charge in [-0.05, 0) is 44.0 Å². The van der Waals surface area contributed by atoms with E-state index in [2.05, 4.69) is 17.6 Å². The fourth-order valence-electron chi connectivity index (χ4n) is 2.30. The summed E-state index contributed by atoms with van der Waals surface area (Å²) in [6, 6.07) is 5.08. The number of amides is 1. The molecule has 3 atom stereocenters. The number of hydrogen-bond acceptors (Lipinski definition) is 3. The molecule has 1 amide bonds. The van der Waals surface area contributed by atoms with Gasteiger partial charge >= 0.3 is 0 Å². The summed E-state index contributed by atoms with van der Waals surface area (Å²) in [6.07, 6.45) is 0.446. The van der Waals surface area contributed by atoms with E-state index >= 15 is 0 Å². The highest BCUT2D eigenvalue weighted by molar-refractivity contribution is 6.35. The summed E-state index contributed by atoms with van der Waals surface area (Å²) < 4.78 is 5.62. The predicted molar refractivity (Wildman–Crippen MR) is 85.1 cm³/mol. The number of carbonyl (C=O) groups excluding carboxylic acids is 1. The van der Waals surface area contributed by atoms with E-state index in [4.69, 9.17) is 27.9 Å². The molecule has 1 saturated heterocycles. The normalized spacial score (nSPS) is 23.4. The van der Waals surface area contributed by atoms with E-state index in [9.17, 15) is 4.79 Å². The zero-order valence-electron chi connectivity index (χ0n) is 12.2. The van der Waals surface area contributed by atoms with Crippen LogP contribution in [-0.2, 0) is 4.79 Å². The lowest BCUT2D eigenvalue weighted by Crippen LogP contribution is -2.52. The largest absolute Gasteiger partial charge is 0.479 e. The summed E-state index contributed by atoms with van der Waals surface area (Å²) in [5.74, 6) is 0.779. The van der Waals surface area contributed by atoms with E-state index in [1.807, 2.05) is 0 Å². The van der Waals surface area contributed by atoms with Crippen molar-refractivity contribution in [3.63, 3.8) is 0 Å². The topological polar surface area (TPSA) is 50.4 Å². The van der Waals surface area contributed by atoms with E-state index < -0.39 is 6.10 Å². The molecule has 1 aromatic rings. The average molecular weight is 331 g/mol. The second kappa shape index (κ2) is 7.34. The van der Waals surface area contributed by atoms with E-state index in [-0.39, 0.29) is 11.9 Å². The quantitative estimate of drug-likeness (QED) is 0.892. The highest BCUT2D eigenvalue weighted by atomic mass is 35.5. The van der Waals surface area contributed by atoms with Crippen LogP contribution in [0.3, 0.4) is 0 Å². The summed E-state index contributed by atoms with van der Waals surface area (Å²) in [7, 11) is 0. The van der Waals surface area contributed by atoms with Gasteiger partial charge in [-0.15, -0.1) is 0 Å². The van der Waals surface area contributed by atoms with Crippen molar-refractivity contribution in [3.05, 3.63) is 28.2 Å². The predicted octanol–water partition coefficient (Wildman–Crippen LogP) is 2.87. The van der Waals surface area contributed by atoms with Crippen LogP contribution >= 0.6 is 23.2 Å². The molecule has 21 heavy (non-hydrogen) atoms. The fourth-order valence-corrected chi connectivity index (χ4v) is 2.75. The maximum atomic E-state index is 12.2. The van der Waals surface area contributed by atoms with Gasteiger partial charge in [0.05, 0.1) is 5.02 Å². The van der Waals surface area contributed by atoms with Crippen LogP contribution in [0, 0.1) is 5.92 Å². The molecule has 0 spiro atoms. The van der Waals surface area contributed by atoms with Crippen molar-refractivity contribution in [2.75, 3.05) is 13.1 Å². The van der Waals surface area contributed by atoms with Gasteiger partial charge in [-0.3, -0.25) is 4.79 Å². The molecular formula is C15H20Cl2N2O2. The standard InChI is InChI=1S/C15H20Cl2N2O2/c1-9-5-6-18-8-13(9)19-15(20)10(2)21-14-4-3-11(16)7-12(14)17/h3-4,7,9-10,13,18H,5-6,8H2,1-2H3,(H,19,20). The summed E-state index contributed by atoms with van der Waals surface area (Å²) in [5, 5.41) is 7.24. The van der Waals surface area contributed by atoms with E-state index in [0.29, 0.717) is 21.7 Å². The molecule has 1 aromatic carbocycles. The van der Waals surface area contributed by atoms with Gasteiger partial charge in [-0.1, -0.05) is 30.1 Å². The molecular weight excluding hydrogens is 311 g/mol. The van der Waals surface area contributed by atoms with Gasteiger partial charge in [0.2, 0.25) is 0 Å². The molecule has 0 radical (unpaired) electrons. The van der Waals surface area contributed by atoms with E-state index in [1.54, 1.807) is 25.1 Å². The Balaban J connectivity index is 1.92. The van der Waals surface area contributed by atoms with Crippen molar-refractivity contribution in [1.82, 2.24) is 10.6 Å². The first-order valence-corrected chi connectivity index (χ1v) is 7.85. The van der Waals surface area contributed by atoms with Crippen molar-refractivity contribution < 1.29 is 9.53 Å². The van der Waals surface area contributed by atoms with Crippen LogP contribution in [0.1, 0.15) is 20.3 Å². The van der Waals surface area contributed by atoms with Gasteiger partial charge in [-0.25, -0.2) is 0 Å². The SMILES string of the molecule is CC(Oc1ccc(Cl)cc1Cl)C(=O)NC1CNCCC1C. The number of piperidine rings is 1. The molecule has 1 aliphatic heterocycles. The van der Waals surface area contributed by atoms with Crippen LogP contribution in [0.5, 0.6) is 5.75 Å². The molecule has 4 nitrogen and oxygen atoms in total. The summed E-state index contributed by atoms with van der Waals surface area (Å²) in [4.78, 5) is 12.2. The first-order chi connectivity index (χ1) is 9.97. The number of halogens is 2. The molecule has 2 rings (SSSR count). The minimum absolute atomic E-state index is 0.137. The molecule has 6 heteroatoms. The van der Waals surface area contributed by atoms with Crippen LogP contribution < -0.4 is 15.4 Å². The van der Waals surface area contributed by atoms with E-state index in [1.165, 1.54) is 0 Å². The maximum absolute atomic E-state index is 12.2. The number of hydrogen-bond donors (Lipinski definition) is 2. The Bertz CT molecular complexity index is 510. The van der Waals surface area contributed by atoms with Crippen LogP contribution in [0.2, 0.25) is 10.0 Å². The van der Waals surface area contributed by atoms with Gasteiger partial charge in [-0.2, -0.15) is 0 Å². The molecule has 0 aromatic heterocycles.